The molecule has 0 aromatic heterocycles. The van der Waals surface area contributed by atoms with E-state index in [0.29, 0.717) is 0 Å². The van der Waals surface area contributed by atoms with E-state index in [-0.39, 0.29) is 22.8 Å². The fraction of sp³-hybridized carbons (Fsp3) is 0.455. The number of ether oxygens (including phenoxy) is 1. The molecule has 1 fully saturated rings. The molecule has 1 aliphatic heterocycles. The van der Waals surface area contributed by atoms with Gasteiger partial charge in [0, 0.05) is 11.1 Å². The van der Waals surface area contributed by atoms with Gasteiger partial charge in [-0.3, -0.25) is 0 Å². The van der Waals surface area contributed by atoms with Gasteiger partial charge in [0.1, 0.15) is 11.6 Å². The Morgan fingerprint density at radius 3 is 2.00 bits per heavy atom. The lowest BCUT2D eigenvalue weighted by Gasteiger charge is -2.46. The third kappa shape index (κ3) is 4.04. The summed E-state index contributed by atoms with van der Waals surface area (Å²) in [4.78, 5) is 0. The van der Waals surface area contributed by atoms with Crippen molar-refractivity contribution in [1.82, 2.24) is 5.32 Å². The van der Waals surface area contributed by atoms with Crippen LogP contribution in [0.1, 0.15) is 52.0 Å². The van der Waals surface area contributed by atoms with Gasteiger partial charge in [0.15, 0.2) is 0 Å². The summed E-state index contributed by atoms with van der Waals surface area (Å²) in [7, 11) is 1.64. The predicted octanol–water partition coefficient (Wildman–Crippen LogP) is 5.53. The van der Waals surface area contributed by atoms with Crippen LogP contribution >= 0.6 is 0 Å². The minimum atomic E-state index is -0.105. The topological polar surface area (TPSA) is 21.3 Å². The van der Waals surface area contributed by atoms with E-state index in [9.17, 15) is 4.39 Å². The zero-order chi connectivity index (χ0) is 18.2. The second-order valence-corrected chi connectivity index (χ2v) is 8.46. The molecule has 2 aromatic rings. The Hall–Kier alpha value is -1.87. The zero-order valence-electron chi connectivity index (χ0n) is 15.8. The normalized spacial score (nSPS) is 19.6. The van der Waals surface area contributed by atoms with Crippen LogP contribution in [-0.4, -0.2) is 18.2 Å². The molecule has 0 unspecified atom stereocenters. The van der Waals surface area contributed by atoms with Crippen LogP contribution in [0.4, 0.5) is 4.39 Å². The molecule has 0 bridgehead atoms. The molecule has 1 aliphatic rings. The number of methoxy groups -OCH3 is 1. The van der Waals surface area contributed by atoms with E-state index in [1.54, 1.807) is 13.2 Å². The van der Waals surface area contributed by atoms with Crippen molar-refractivity contribution in [2.24, 2.45) is 0 Å². The van der Waals surface area contributed by atoms with Gasteiger partial charge in [-0.15, -0.1) is 0 Å². The van der Waals surface area contributed by atoms with Gasteiger partial charge in [-0.05, 0) is 81.3 Å². The second-order valence-electron chi connectivity index (χ2n) is 8.46. The molecule has 1 heterocycles. The van der Waals surface area contributed by atoms with Gasteiger partial charge >= 0.3 is 0 Å². The number of halogens is 1. The van der Waals surface area contributed by atoms with Crippen molar-refractivity contribution >= 4 is 0 Å². The van der Waals surface area contributed by atoms with Crippen molar-refractivity contribution in [3.63, 3.8) is 0 Å². The van der Waals surface area contributed by atoms with Gasteiger partial charge in [-0.2, -0.15) is 0 Å². The Balaban J connectivity index is 1.89. The molecule has 0 radical (unpaired) electrons. The van der Waals surface area contributed by atoms with Crippen LogP contribution in [0.2, 0.25) is 0 Å². The van der Waals surface area contributed by atoms with Gasteiger partial charge in [0.2, 0.25) is 0 Å². The lowest BCUT2D eigenvalue weighted by Crippen LogP contribution is -2.57. The summed E-state index contributed by atoms with van der Waals surface area (Å²) < 4.78 is 20.1. The molecule has 0 spiro atoms. The number of benzene rings is 2. The Morgan fingerprint density at radius 1 is 0.920 bits per heavy atom. The first-order valence-corrected chi connectivity index (χ1v) is 8.92. The molecule has 3 rings (SSSR count). The van der Waals surface area contributed by atoms with Crippen molar-refractivity contribution in [1.29, 1.82) is 0 Å². The highest BCUT2D eigenvalue weighted by molar-refractivity contribution is 5.64. The molecule has 134 valence electrons. The Labute approximate surface area is 150 Å². The monoisotopic (exact) mass is 341 g/mol. The summed E-state index contributed by atoms with van der Waals surface area (Å²) in [6.07, 6.45) is 1.88. The fourth-order valence-corrected chi connectivity index (χ4v) is 4.36. The van der Waals surface area contributed by atoms with E-state index in [2.05, 4.69) is 33.0 Å². The van der Waals surface area contributed by atoms with E-state index in [1.165, 1.54) is 0 Å². The SMILES string of the molecule is COc1ccc(-c2ccc(C3CC(C)(C)NC(C)(C)C3)c(F)c2)cc1. The van der Waals surface area contributed by atoms with Crippen LogP contribution in [0.15, 0.2) is 42.5 Å². The van der Waals surface area contributed by atoms with Crippen LogP contribution in [0.25, 0.3) is 11.1 Å². The first kappa shape index (κ1) is 17.9. The molecule has 0 amide bonds. The quantitative estimate of drug-likeness (QED) is 0.793. The van der Waals surface area contributed by atoms with Crippen LogP contribution in [0, 0.1) is 5.82 Å². The van der Waals surface area contributed by atoms with Gasteiger partial charge in [-0.25, -0.2) is 4.39 Å². The molecule has 2 aromatic carbocycles. The van der Waals surface area contributed by atoms with E-state index in [4.69, 9.17) is 4.74 Å². The molecular formula is C22H28FNO. The predicted molar refractivity (Wildman–Crippen MR) is 102 cm³/mol. The van der Waals surface area contributed by atoms with Crippen LogP contribution in [0.5, 0.6) is 5.75 Å². The number of rotatable bonds is 3. The maximum Gasteiger partial charge on any atom is 0.127 e. The second kappa shape index (κ2) is 6.45. The number of hydrogen-bond acceptors (Lipinski definition) is 2. The van der Waals surface area contributed by atoms with Crippen LogP contribution in [-0.2, 0) is 0 Å². The highest BCUT2D eigenvalue weighted by Gasteiger charge is 2.38. The smallest absolute Gasteiger partial charge is 0.127 e. The number of nitrogens with one attached hydrogen (secondary N) is 1. The minimum Gasteiger partial charge on any atom is -0.497 e. The summed E-state index contributed by atoms with van der Waals surface area (Å²) in [5.74, 6) is 0.933. The van der Waals surface area contributed by atoms with E-state index in [0.717, 1.165) is 35.3 Å². The van der Waals surface area contributed by atoms with Crippen LogP contribution < -0.4 is 10.1 Å². The largest absolute Gasteiger partial charge is 0.497 e. The first-order chi connectivity index (χ1) is 11.7. The Kier molecular flexibility index (Phi) is 4.63. The molecule has 0 saturated carbocycles. The maximum atomic E-state index is 14.9. The summed E-state index contributed by atoms with van der Waals surface area (Å²) >= 11 is 0. The summed E-state index contributed by atoms with van der Waals surface area (Å²) in [5, 5.41) is 3.66. The standard InChI is InChI=1S/C22H28FNO/c1-21(2)13-17(14-22(3,4)24-21)19-11-8-16(12-20(19)23)15-6-9-18(25-5)10-7-15/h6-12,17,24H,13-14H2,1-5H3. The van der Waals surface area contributed by atoms with E-state index < -0.39 is 0 Å². The average molecular weight is 341 g/mol. The van der Waals surface area contributed by atoms with Crippen molar-refractivity contribution in [2.75, 3.05) is 7.11 Å². The summed E-state index contributed by atoms with van der Waals surface area (Å²) in [6, 6.07) is 13.4. The van der Waals surface area contributed by atoms with Gasteiger partial charge < -0.3 is 10.1 Å². The summed E-state index contributed by atoms with van der Waals surface area (Å²) in [6.45, 7) is 8.80. The zero-order valence-corrected chi connectivity index (χ0v) is 15.8. The highest BCUT2D eigenvalue weighted by Crippen LogP contribution is 2.40. The average Bonchev–Trinajstić information content (AvgIpc) is 2.52. The molecule has 1 saturated heterocycles. The molecule has 0 atom stereocenters. The van der Waals surface area contributed by atoms with Crippen molar-refractivity contribution in [3.05, 3.63) is 53.8 Å². The lowest BCUT2D eigenvalue weighted by atomic mass is 9.73. The Morgan fingerprint density at radius 2 is 1.48 bits per heavy atom. The molecule has 0 aliphatic carbocycles. The highest BCUT2D eigenvalue weighted by atomic mass is 19.1. The van der Waals surface area contributed by atoms with E-state index >= 15 is 0 Å². The number of piperidine rings is 1. The van der Waals surface area contributed by atoms with Crippen molar-refractivity contribution in [2.45, 2.75) is 57.5 Å². The van der Waals surface area contributed by atoms with Crippen molar-refractivity contribution < 1.29 is 9.13 Å². The fourth-order valence-electron chi connectivity index (χ4n) is 4.36. The lowest BCUT2D eigenvalue weighted by molar-refractivity contribution is 0.160. The summed E-state index contributed by atoms with van der Waals surface area (Å²) in [5.41, 5.74) is 2.74. The molecule has 25 heavy (non-hydrogen) atoms. The third-order valence-electron chi connectivity index (χ3n) is 5.05. The first-order valence-electron chi connectivity index (χ1n) is 8.92. The van der Waals surface area contributed by atoms with Gasteiger partial charge in [0.25, 0.3) is 0 Å². The van der Waals surface area contributed by atoms with Crippen molar-refractivity contribution in [3.8, 4) is 16.9 Å². The van der Waals surface area contributed by atoms with E-state index in [1.807, 2.05) is 36.4 Å². The molecule has 1 N–H and O–H groups in total. The molecular weight excluding hydrogens is 313 g/mol. The van der Waals surface area contributed by atoms with Gasteiger partial charge in [0.05, 0.1) is 7.11 Å². The number of hydrogen-bond donors (Lipinski definition) is 1. The molecule has 2 nitrogen and oxygen atoms in total. The van der Waals surface area contributed by atoms with Crippen LogP contribution in [0.3, 0.4) is 0 Å². The Bertz CT molecular complexity index is 733. The molecule has 3 heteroatoms. The minimum absolute atomic E-state index is 0.00745. The maximum absolute atomic E-state index is 14.9. The third-order valence-corrected chi connectivity index (χ3v) is 5.05. The van der Waals surface area contributed by atoms with Gasteiger partial charge in [-0.1, -0.05) is 24.3 Å².